The lowest BCUT2D eigenvalue weighted by Crippen LogP contribution is -2.31. The molecule has 0 fully saturated rings. The van der Waals surface area contributed by atoms with Gasteiger partial charge in [0.25, 0.3) is 0 Å². The van der Waals surface area contributed by atoms with E-state index in [4.69, 9.17) is 10.9 Å². The number of likely N-dealkylation sites (N-methyl/N-ethyl adjacent to an activating group) is 1. The highest BCUT2D eigenvalue weighted by atomic mass is 79.9. The van der Waals surface area contributed by atoms with Crippen LogP contribution in [0.5, 0.6) is 0 Å². The maximum Gasteiger partial charge on any atom is 0.153 e. The predicted octanol–water partition coefficient (Wildman–Crippen LogP) is 1.91. The van der Waals surface area contributed by atoms with Gasteiger partial charge in [-0.2, -0.15) is 0 Å². The van der Waals surface area contributed by atoms with Gasteiger partial charge in [0.15, 0.2) is 5.84 Å². The van der Waals surface area contributed by atoms with E-state index in [2.05, 4.69) is 21.1 Å². The Labute approximate surface area is 106 Å². The van der Waals surface area contributed by atoms with E-state index in [1.54, 1.807) is 7.05 Å². The highest BCUT2D eigenvalue weighted by molar-refractivity contribution is 9.10. The maximum absolute atomic E-state index is 13.6. The molecule has 3 N–H and O–H groups in total. The molecule has 17 heavy (non-hydrogen) atoms. The molecule has 0 aliphatic carbocycles. The van der Waals surface area contributed by atoms with Crippen molar-refractivity contribution in [3.05, 3.63) is 33.8 Å². The van der Waals surface area contributed by atoms with Crippen molar-refractivity contribution in [2.24, 2.45) is 10.9 Å². The third-order valence-corrected chi connectivity index (χ3v) is 2.74. The molecule has 0 aromatic heterocycles. The molecule has 0 unspecified atom stereocenters. The first-order chi connectivity index (χ1) is 7.95. The summed E-state index contributed by atoms with van der Waals surface area (Å²) in [6, 6.07) is 2.48. The van der Waals surface area contributed by atoms with Crippen molar-refractivity contribution < 1.29 is 14.0 Å². The van der Waals surface area contributed by atoms with Gasteiger partial charge in [-0.05, 0) is 35.1 Å². The van der Waals surface area contributed by atoms with Gasteiger partial charge < -0.3 is 10.9 Å². The summed E-state index contributed by atoms with van der Waals surface area (Å²) in [6.07, 6.45) is 0. The topological polar surface area (TPSA) is 61.8 Å². The Morgan fingerprint density at radius 3 is 2.76 bits per heavy atom. The molecule has 94 valence electrons. The van der Waals surface area contributed by atoms with Crippen molar-refractivity contribution in [1.82, 2.24) is 4.90 Å². The van der Waals surface area contributed by atoms with E-state index in [0.717, 1.165) is 0 Å². The number of amidine groups is 1. The third-order valence-electron chi connectivity index (χ3n) is 2.13. The molecule has 0 saturated heterocycles. The summed E-state index contributed by atoms with van der Waals surface area (Å²) in [5.74, 6) is -1.29. The fraction of sp³-hybridized carbons (Fsp3) is 0.300. The van der Waals surface area contributed by atoms with Crippen LogP contribution in [0, 0.1) is 11.6 Å². The SMILES string of the molecule is CN(C/C(N)=N/O)Cc1c(F)ccc(Br)c1F. The standard InChI is InChI=1S/C10H12BrF2N3O/c1-16(5-9(14)15-17)4-6-8(12)3-2-7(11)10(6)13/h2-3,17H,4-5H2,1H3,(H2,14,15). The first kappa shape index (κ1) is 13.9. The van der Waals surface area contributed by atoms with E-state index in [1.807, 2.05) is 0 Å². The number of nitrogens with two attached hydrogens (primary N) is 1. The normalized spacial score (nSPS) is 12.2. The minimum atomic E-state index is -0.642. The maximum atomic E-state index is 13.6. The van der Waals surface area contributed by atoms with Crippen LogP contribution < -0.4 is 5.73 Å². The Morgan fingerprint density at radius 2 is 2.18 bits per heavy atom. The predicted molar refractivity (Wildman–Crippen MR) is 63.8 cm³/mol. The van der Waals surface area contributed by atoms with Crippen LogP contribution in [-0.4, -0.2) is 29.5 Å². The summed E-state index contributed by atoms with van der Waals surface area (Å²) >= 11 is 2.99. The molecular formula is C10H12BrF2N3O. The first-order valence-electron chi connectivity index (χ1n) is 4.73. The molecule has 0 aliphatic heterocycles. The van der Waals surface area contributed by atoms with E-state index in [0.29, 0.717) is 0 Å². The minimum Gasteiger partial charge on any atom is -0.409 e. The summed E-state index contributed by atoms with van der Waals surface area (Å²) in [6.45, 7) is 0.134. The number of halogens is 3. The Balaban J connectivity index is 2.85. The van der Waals surface area contributed by atoms with Gasteiger partial charge in [-0.1, -0.05) is 5.16 Å². The van der Waals surface area contributed by atoms with Crippen LogP contribution >= 0.6 is 15.9 Å². The minimum absolute atomic E-state index is 0.0212. The molecule has 0 spiro atoms. The monoisotopic (exact) mass is 307 g/mol. The summed E-state index contributed by atoms with van der Waals surface area (Å²) in [5.41, 5.74) is 5.23. The van der Waals surface area contributed by atoms with E-state index >= 15 is 0 Å². The largest absolute Gasteiger partial charge is 0.409 e. The van der Waals surface area contributed by atoms with Crippen LogP contribution in [0.2, 0.25) is 0 Å². The first-order valence-corrected chi connectivity index (χ1v) is 5.52. The Hall–Kier alpha value is -1.21. The van der Waals surface area contributed by atoms with Gasteiger partial charge in [0.1, 0.15) is 11.6 Å². The zero-order valence-electron chi connectivity index (χ0n) is 9.12. The number of hydrogen-bond donors (Lipinski definition) is 2. The van der Waals surface area contributed by atoms with Crippen LogP contribution in [0.25, 0.3) is 0 Å². The lowest BCUT2D eigenvalue weighted by Gasteiger charge is -2.16. The van der Waals surface area contributed by atoms with Gasteiger partial charge in [0.05, 0.1) is 11.0 Å². The quantitative estimate of drug-likeness (QED) is 0.294. The van der Waals surface area contributed by atoms with Crippen molar-refractivity contribution >= 4 is 21.8 Å². The molecule has 0 amide bonds. The Morgan fingerprint density at radius 1 is 1.53 bits per heavy atom. The van der Waals surface area contributed by atoms with Crippen molar-refractivity contribution in [2.75, 3.05) is 13.6 Å². The molecule has 7 heteroatoms. The average molecular weight is 308 g/mol. The number of rotatable bonds is 4. The molecule has 0 saturated carbocycles. The number of benzene rings is 1. The molecule has 1 aromatic carbocycles. The molecule has 4 nitrogen and oxygen atoms in total. The van der Waals surface area contributed by atoms with Crippen molar-refractivity contribution in [1.29, 1.82) is 0 Å². The van der Waals surface area contributed by atoms with E-state index in [1.165, 1.54) is 17.0 Å². The molecule has 0 heterocycles. The third kappa shape index (κ3) is 3.64. The summed E-state index contributed by atoms with van der Waals surface area (Å²) in [5, 5.41) is 11.2. The second kappa shape index (κ2) is 5.92. The van der Waals surface area contributed by atoms with Crippen molar-refractivity contribution in [3.8, 4) is 0 Å². The van der Waals surface area contributed by atoms with Gasteiger partial charge in [-0.15, -0.1) is 0 Å². The van der Waals surface area contributed by atoms with Gasteiger partial charge in [0.2, 0.25) is 0 Å². The number of nitrogens with zero attached hydrogens (tertiary/aromatic N) is 2. The highest BCUT2D eigenvalue weighted by Crippen LogP contribution is 2.22. The van der Waals surface area contributed by atoms with E-state index in [9.17, 15) is 8.78 Å². The summed E-state index contributed by atoms with van der Waals surface area (Å²) < 4.78 is 27.2. The summed E-state index contributed by atoms with van der Waals surface area (Å²) in [7, 11) is 1.61. The summed E-state index contributed by atoms with van der Waals surface area (Å²) in [4.78, 5) is 1.53. The van der Waals surface area contributed by atoms with Crippen molar-refractivity contribution in [3.63, 3.8) is 0 Å². The van der Waals surface area contributed by atoms with E-state index in [-0.39, 0.29) is 29.0 Å². The Kier molecular flexibility index (Phi) is 4.83. The van der Waals surface area contributed by atoms with Gasteiger partial charge in [-0.25, -0.2) is 8.78 Å². The smallest absolute Gasteiger partial charge is 0.153 e. The zero-order valence-corrected chi connectivity index (χ0v) is 10.7. The number of hydrogen-bond acceptors (Lipinski definition) is 3. The molecule has 1 aromatic rings. The van der Waals surface area contributed by atoms with Crippen LogP contribution in [0.3, 0.4) is 0 Å². The van der Waals surface area contributed by atoms with Gasteiger partial charge >= 0.3 is 0 Å². The molecule has 1 rings (SSSR count). The van der Waals surface area contributed by atoms with Gasteiger partial charge in [-0.3, -0.25) is 4.90 Å². The molecule has 0 radical (unpaired) electrons. The van der Waals surface area contributed by atoms with E-state index < -0.39 is 11.6 Å². The molecule has 0 aliphatic rings. The fourth-order valence-corrected chi connectivity index (χ4v) is 1.72. The fourth-order valence-electron chi connectivity index (χ4n) is 1.35. The van der Waals surface area contributed by atoms with Crippen LogP contribution in [-0.2, 0) is 6.54 Å². The lowest BCUT2D eigenvalue weighted by atomic mass is 10.2. The van der Waals surface area contributed by atoms with Crippen LogP contribution in [0.15, 0.2) is 21.8 Å². The second-order valence-electron chi connectivity index (χ2n) is 3.59. The molecule has 0 atom stereocenters. The van der Waals surface area contributed by atoms with Crippen molar-refractivity contribution in [2.45, 2.75) is 6.54 Å². The number of oxime groups is 1. The Bertz CT molecular complexity index is 440. The van der Waals surface area contributed by atoms with Gasteiger partial charge in [0, 0.05) is 12.1 Å². The molecule has 0 bridgehead atoms. The van der Waals surface area contributed by atoms with Crippen LogP contribution in [0.1, 0.15) is 5.56 Å². The second-order valence-corrected chi connectivity index (χ2v) is 4.44. The average Bonchev–Trinajstić information content (AvgIpc) is 2.29. The van der Waals surface area contributed by atoms with Crippen LogP contribution in [0.4, 0.5) is 8.78 Å². The highest BCUT2D eigenvalue weighted by Gasteiger charge is 2.14. The molecular weight excluding hydrogens is 296 g/mol. The zero-order chi connectivity index (χ0) is 13.0. The lowest BCUT2D eigenvalue weighted by molar-refractivity contribution is 0.306.